The van der Waals surface area contributed by atoms with Crippen molar-refractivity contribution in [2.45, 2.75) is 45.1 Å². The number of carbonyl (C=O) groups is 1. The van der Waals surface area contributed by atoms with E-state index in [2.05, 4.69) is 11.8 Å². The summed E-state index contributed by atoms with van der Waals surface area (Å²) in [5.74, 6) is 0.178. The first-order chi connectivity index (χ1) is 11.2. The van der Waals surface area contributed by atoms with Crippen molar-refractivity contribution in [1.82, 2.24) is 4.90 Å². The first-order valence-electron chi connectivity index (χ1n) is 8.36. The molecule has 1 saturated carbocycles. The second kappa shape index (κ2) is 7.50. The average Bonchev–Trinajstić information content (AvgIpc) is 3.06. The Morgan fingerprint density at radius 2 is 2.00 bits per heavy atom. The van der Waals surface area contributed by atoms with E-state index in [-0.39, 0.29) is 5.91 Å². The van der Waals surface area contributed by atoms with Gasteiger partial charge in [-0.3, -0.25) is 4.79 Å². The van der Waals surface area contributed by atoms with Crippen molar-refractivity contribution in [2.75, 3.05) is 6.54 Å². The van der Waals surface area contributed by atoms with Crippen LogP contribution in [0.15, 0.2) is 36.4 Å². The van der Waals surface area contributed by atoms with Crippen molar-refractivity contribution < 1.29 is 4.79 Å². The van der Waals surface area contributed by atoms with Gasteiger partial charge in [-0.1, -0.05) is 43.0 Å². The van der Waals surface area contributed by atoms with Crippen LogP contribution in [0.2, 0.25) is 5.02 Å². The van der Waals surface area contributed by atoms with Gasteiger partial charge in [0.15, 0.2) is 0 Å². The molecular weight excluding hydrogens is 326 g/mol. The Morgan fingerprint density at radius 3 is 2.70 bits per heavy atom. The summed E-state index contributed by atoms with van der Waals surface area (Å²) in [6.07, 6.45) is 6.08. The van der Waals surface area contributed by atoms with E-state index in [1.165, 1.54) is 19.3 Å². The number of amides is 1. The molecule has 1 aliphatic rings. The van der Waals surface area contributed by atoms with E-state index in [1.54, 1.807) is 11.3 Å². The van der Waals surface area contributed by atoms with Gasteiger partial charge in [0.25, 0.3) is 5.91 Å². The molecule has 0 saturated heterocycles. The van der Waals surface area contributed by atoms with Gasteiger partial charge >= 0.3 is 0 Å². The van der Waals surface area contributed by atoms with Crippen molar-refractivity contribution in [2.24, 2.45) is 0 Å². The minimum atomic E-state index is 0.178. The van der Waals surface area contributed by atoms with Crippen molar-refractivity contribution in [1.29, 1.82) is 0 Å². The largest absolute Gasteiger partial charge is 0.335 e. The molecule has 0 aliphatic heterocycles. The van der Waals surface area contributed by atoms with Gasteiger partial charge in [-0.25, -0.2) is 0 Å². The number of thiophene rings is 1. The summed E-state index contributed by atoms with van der Waals surface area (Å²) < 4.78 is 0. The van der Waals surface area contributed by atoms with Crippen LogP contribution in [0.25, 0.3) is 10.4 Å². The Balaban J connectivity index is 1.79. The highest BCUT2D eigenvalue weighted by molar-refractivity contribution is 7.17. The van der Waals surface area contributed by atoms with Crippen molar-refractivity contribution >= 4 is 28.8 Å². The summed E-state index contributed by atoms with van der Waals surface area (Å²) in [7, 11) is 0. The molecule has 4 heteroatoms. The Bertz CT molecular complexity index is 676. The van der Waals surface area contributed by atoms with Gasteiger partial charge in [-0.15, -0.1) is 11.3 Å². The van der Waals surface area contributed by atoms with Gasteiger partial charge in [0, 0.05) is 22.5 Å². The molecule has 1 aromatic carbocycles. The van der Waals surface area contributed by atoms with Gasteiger partial charge in [0.2, 0.25) is 0 Å². The lowest BCUT2D eigenvalue weighted by atomic mass is 9.94. The first-order valence-corrected chi connectivity index (χ1v) is 9.55. The third kappa shape index (κ3) is 3.78. The van der Waals surface area contributed by atoms with Crippen LogP contribution in [0.3, 0.4) is 0 Å². The molecule has 0 N–H and O–H groups in total. The fourth-order valence-electron chi connectivity index (χ4n) is 3.35. The summed E-state index contributed by atoms with van der Waals surface area (Å²) in [4.78, 5) is 16.9. The first kappa shape index (κ1) is 16.5. The Hall–Kier alpha value is -1.32. The maximum absolute atomic E-state index is 12.9. The van der Waals surface area contributed by atoms with Gasteiger partial charge in [-0.05, 0) is 49.6 Å². The van der Waals surface area contributed by atoms with E-state index < -0.39 is 0 Å². The van der Waals surface area contributed by atoms with E-state index in [0.29, 0.717) is 6.04 Å². The predicted molar refractivity (Wildman–Crippen MR) is 98.3 cm³/mol. The Labute approximate surface area is 147 Å². The summed E-state index contributed by atoms with van der Waals surface area (Å²) in [6, 6.07) is 12.2. The van der Waals surface area contributed by atoms with E-state index in [4.69, 9.17) is 11.6 Å². The summed E-state index contributed by atoms with van der Waals surface area (Å²) in [5, 5.41) is 0.723. The molecule has 1 aliphatic carbocycles. The highest BCUT2D eigenvalue weighted by Gasteiger charge is 2.25. The van der Waals surface area contributed by atoms with Crippen LogP contribution in [0.1, 0.15) is 48.7 Å². The number of nitrogens with zero attached hydrogens (tertiary/aromatic N) is 1. The second-order valence-corrected chi connectivity index (χ2v) is 7.58. The molecule has 2 aromatic rings. The number of hydrogen-bond donors (Lipinski definition) is 0. The molecule has 1 fully saturated rings. The summed E-state index contributed by atoms with van der Waals surface area (Å²) in [6.45, 7) is 2.87. The van der Waals surface area contributed by atoms with Crippen LogP contribution < -0.4 is 0 Å². The van der Waals surface area contributed by atoms with Crippen LogP contribution in [-0.4, -0.2) is 23.4 Å². The molecule has 0 radical (unpaired) electrons. The molecule has 0 spiro atoms. The van der Waals surface area contributed by atoms with Gasteiger partial charge < -0.3 is 4.90 Å². The second-order valence-electron chi connectivity index (χ2n) is 6.06. The summed E-state index contributed by atoms with van der Waals surface area (Å²) >= 11 is 7.63. The van der Waals surface area contributed by atoms with Crippen LogP contribution in [0, 0.1) is 0 Å². The van der Waals surface area contributed by atoms with E-state index >= 15 is 0 Å². The minimum absolute atomic E-state index is 0.178. The Kier molecular flexibility index (Phi) is 5.39. The standard InChI is InChI=1S/C19H22ClNOS/c1-2-21(16-9-4-3-5-10-16)19(22)18-12-11-17(23-18)14-7-6-8-15(20)13-14/h6-8,11-13,16H,2-5,9-10H2,1H3. The molecule has 2 nitrogen and oxygen atoms in total. The number of halogens is 1. The quantitative estimate of drug-likeness (QED) is 0.678. The third-order valence-electron chi connectivity index (χ3n) is 4.54. The summed E-state index contributed by atoms with van der Waals surface area (Å²) in [5.41, 5.74) is 1.07. The molecule has 122 valence electrons. The zero-order valence-electron chi connectivity index (χ0n) is 13.4. The van der Waals surface area contributed by atoms with Crippen LogP contribution in [-0.2, 0) is 0 Å². The zero-order chi connectivity index (χ0) is 16.2. The molecule has 0 bridgehead atoms. The zero-order valence-corrected chi connectivity index (χ0v) is 15.0. The SMILES string of the molecule is CCN(C(=O)c1ccc(-c2cccc(Cl)c2)s1)C1CCCCC1. The lowest BCUT2D eigenvalue weighted by Gasteiger charge is -2.33. The lowest BCUT2D eigenvalue weighted by Crippen LogP contribution is -2.40. The highest BCUT2D eigenvalue weighted by atomic mass is 35.5. The molecule has 0 atom stereocenters. The molecule has 0 unspecified atom stereocenters. The van der Waals surface area contributed by atoms with Gasteiger partial charge in [-0.2, -0.15) is 0 Å². The van der Waals surface area contributed by atoms with Gasteiger partial charge in [0.05, 0.1) is 4.88 Å². The number of carbonyl (C=O) groups excluding carboxylic acids is 1. The van der Waals surface area contributed by atoms with Crippen LogP contribution in [0.4, 0.5) is 0 Å². The lowest BCUT2D eigenvalue weighted by molar-refractivity contribution is 0.0653. The number of rotatable bonds is 4. The molecule has 1 amide bonds. The molecular formula is C19H22ClNOS. The number of benzene rings is 1. The maximum atomic E-state index is 12.9. The predicted octanol–water partition coefficient (Wildman–Crippen LogP) is 5.86. The normalized spacial score (nSPS) is 15.6. The van der Waals surface area contributed by atoms with Crippen molar-refractivity contribution in [3.05, 3.63) is 46.3 Å². The number of hydrogen-bond acceptors (Lipinski definition) is 2. The Morgan fingerprint density at radius 1 is 1.22 bits per heavy atom. The van der Waals surface area contributed by atoms with E-state index in [0.717, 1.165) is 39.7 Å². The molecule has 1 aromatic heterocycles. The van der Waals surface area contributed by atoms with Crippen LogP contribution >= 0.6 is 22.9 Å². The van der Waals surface area contributed by atoms with E-state index in [9.17, 15) is 4.79 Å². The minimum Gasteiger partial charge on any atom is -0.335 e. The average molecular weight is 348 g/mol. The fourth-order valence-corrected chi connectivity index (χ4v) is 4.50. The molecule has 3 rings (SSSR count). The van der Waals surface area contributed by atoms with Crippen molar-refractivity contribution in [3.63, 3.8) is 0 Å². The molecule has 23 heavy (non-hydrogen) atoms. The maximum Gasteiger partial charge on any atom is 0.264 e. The highest BCUT2D eigenvalue weighted by Crippen LogP contribution is 2.31. The third-order valence-corrected chi connectivity index (χ3v) is 5.90. The van der Waals surface area contributed by atoms with Crippen LogP contribution in [0.5, 0.6) is 0 Å². The monoisotopic (exact) mass is 347 g/mol. The molecule has 1 heterocycles. The fraction of sp³-hybridized carbons (Fsp3) is 0.421. The smallest absolute Gasteiger partial charge is 0.264 e. The topological polar surface area (TPSA) is 20.3 Å². The van der Waals surface area contributed by atoms with Gasteiger partial charge in [0.1, 0.15) is 0 Å². The van der Waals surface area contributed by atoms with E-state index in [1.807, 2.05) is 36.4 Å². The van der Waals surface area contributed by atoms with Crippen molar-refractivity contribution in [3.8, 4) is 10.4 Å².